The van der Waals surface area contributed by atoms with E-state index < -0.39 is 5.97 Å². The van der Waals surface area contributed by atoms with E-state index in [1.807, 2.05) is 19.2 Å². The van der Waals surface area contributed by atoms with Gasteiger partial charge in [0.1, 0.15) is 12.0 Å². The molecule has 0 aliphatic rings. The number of aromatic nitrogens is 1. The number of benzene rings is 1. The van der Waals surface area contributed by atoms with E-state index in [1.165, 1.54) is 6.26 Å². The summed E-state index contributed by atoms with van der Waals surface area (Å²) >= 11 is 0. The zero-order chi connectivity index (χ0) is 14.4. The summed E-state index contributed by atoms with van der Waals surface area (Å²) in [7, 11) is 1.88. The highest BCUT2D eigenvalue weighted by Crippen LogP contribution is 2.21. The van der Waals surface area contributed by atoms with Crippen molar-refractivity contribution in [3.8, 4) is 11.8 Å². The van der Waals surface area contributed by atoms with Gasteiger partial charge in [-0.2, -0.15) is 4.98 Å². The Hall–Kier alpha value is -2.34. The van der Waals surface area contributed by atoms with Gasteiger partial charge in [-0.15, -0.1) is 0 Å². The Labute approximate surface area is 116 Å². The molecule has 1 aromatic heterocycles. The molecule has 0 spiro atoms. The SMILES string of the molecule is CCOC(=O)c1coc(Oc2ccc(CNC)cc2)n1. The molecule has 1 heterocycles. The number of nitrogens with one attached hydrogen (secondary N) is 1. The Balaban J connectivity index is 2.01. The molecule has 2 rings (SSSR count). The van der Waals surface area contributed by atoms with Gasteiger partial charge < -0.3 is 19.2 Å². The average Bonchev–Trinajstić information content (AvgIpc) is 2.90. The lowest BCUT2D eigenvalue weighted by atomic mass is 10.2. The third-order valence-electron chi connectivity index (χ3n) is 2.48. The van der Waals surface area contributed by atoms with Gasteiger partial charge >= 0.3 is 12.0 Å². The molecule has 0 bridgehead atoms. The molecule has 0 radical (unpaired) electrons. The number of nitrogens with zero attached hydrogens (tertiary/aromatic N) is 1. The molecular formula is C14H16N2O4. The predicted octanol–water partition coefficient (Wildman–Crippen LogP) is 2.36. The van der Waals surface area contributed by atoms with Gasteiger partial charge in [-0.05, 0) is 31.7 Å². The predicted molar refractivity (Wildman–Crippen MR) is 71.7 cm³/mol. The normalized spacial score (nSPS) is 10.3. The van der Waals surface area contributed by atoms with Crippen LogP contribution in [-0.2, 0) is 11.3 Å². The van der Waals surface area contributed by atoms with E-state index >= 15 is 0 Å². The second-order valence-electron chi connectivity index (χ2n) is 4.00. The molecule has 2 aromatic rings. The summed E-state index contributed by atoms with van der Waals surface area (Å²) in [4.78, 5) is 15.3. The van der Waals surface area contributed by atoms with Crippen molar-refractivity contribution in [2.45, 2.75) is 13.5 Å². The minimum atomic E-state index is -0.532. The monoisotopic (exact) mass is 276 g/mol. The minimum Gasteiger partial charge on any atom is -0.461 e. The molecule has 0 fully saturated rings. The summed E-state index contributed by atoms with van der Waals surface area (Å²) in [5.41, 5.74) is 1.23. The van der Waals surface area contributed by atoms with Crippen molar-refractivity contribution in [2.75, 3.05) is 13.7 Å². The maximum Gasteiger partial charge on any atom is 0.399 e. The Bertz CT molecular complexity index is 563. The highest BCUT2D eigenvalue weighted by Gasteiger charge is 2.14. The topological polar surface area (TPSA) is 73.6 Å². The molecule has 106 valence electrons. The third kappa shape index (κ3) is 3.58. The number of hydrogen-bond acceptors (Lipinski definition) is 6. The Morgan fingerprint density at radius 2 is 2.10 bits per heavy atom. The van der Waals surface area contributed by atoms with Gasteiger partial charge in [-0.1, -0.05) is 12.1 Å². The molecule has 0 aliphatic carbocycles. The maximum absolute atomic E-state index is 11.4. The molecule has 0 saturated heterocycles. The van der Waals surface area contributed by atoms with E-state index in [2.05, 4.69) is 10.3 Å². The van der Waals surface area contributed by atoms with Crippen LogP contribution in [0.2, 0.25) is 0 Å². The number of esters is 1. The van der Waals surface area contributed by atoms with Gasteiger partial charge in [0.15, 0.2) is 5.69 Å². The van der Waals surface area contributed by atoms with Gasteiger partial charge in [-0.25, -0.2) is 4.79 Å². The number of ether oxygens (including phenoxy) is 2. The summed E-state index contributed by atoms with van der Waals surface area (Å²) in [6.07, 6.45) is 1.22. The Morgan fingerprint density at radius 1 is 1.35 bits per heavy atom. The summed E-state index contributed by atoms with van der Waals surface area (Å²) in [6.45, 7) is 2.79. The molecule has 20 heavy (non-hydrogen) atoms. The lowest BCUT2D eigenvalue weighted by molar-refractivity contribution is 0.0519. The van der Waals surface area contributed by atoms with Gasteiger partial charge in [0, 0.05) is 6.54 Å². The van der Waals surface area contributed by atoms with Crippen LogP contribution < -0.4 is 10.1 Å². The fourth-order valence-corrected chi connectivity index (χ4v) is 1.58. The van der Waals surface area contributed by atoms with E-state index in [0.717, 1.165) is 12.1 Å². The average molecular weight is 276 g/mol. The molecule has 0 aliphatic heterocycles. The lowest BCUT2D eigenvalue weighted by Gasteiger charge is -2.02. The van der Waals surface area contributed by atoms with Crippen molar-refractivity contribution in [1.82, 2.24) is 10.3 Å². The van der Waals surface area contributed by atoms with Gasteiger partial charge in [-0.3, -0.25) is 0 Å². The van der Waals surface area contributed by atoms with Gasteiger partial charge in [0.05, 0.1) is 6.61 Å². The van der Waals surface area contributed by atoms with E-state index in [0.29, 0.717) is 5.75 Å². The highest BCUT2D eigenvalue weighted by molar-refractivity contribution is 5.86. The fourth-order valence-electron chi connectivity index (χ4n) is 1.58. The van der Waals surface area contributed by atoms with Crippen molar-refractivity contribution in [1.29, 1.82) is 0 Å². The fraction of sp³-hybridized carbons (Fsp3) is 0.286. The molecule has 1 aromatic carbocycles. The van der Waals surface area contributed by atoms with Crippen LogP contribution in [0.15, 0.2) is 34.9 Å². The molecule has 0 unspecified atom stereocenters. The maximum atomic E-state index is 11.4. The van der Waals surface area contributed by atoms with Crippen LogP contribution in [0.25, 0.3) is 0 Å². The van der Waals surface area contributed by atoms with Crippen molar-refractivity contribution >= 4 is 5.97 Å². The van der Waals surface area contributed by atoms with Crippen LogP contribution in [0.1, 0.15) is 23.0 Å². The first kappa shape index (κ1) is 14.1. The van der Waals surface area contributed by atoms with Crippen molar-refractivity contribution in [2.24, 2.45) is 0 Å². The van der Waals surface area contributed by atoms with Crippen LogP contribution in [0, 0.1) is 0 Å². The number of hydrogen-bond donors (Lipinski definition) is 1. The highest BCUT2D eigenvalue weighted by atomic mass is 16.6. The first-order valence-electron chi connectivity index (χ1n) is 6.27. The van der Waals surface area contributed by atoms with Crippen LogP contribution in [0.5, 0.6) is 11.8 Å². The van der Waals surface area contributed by atoms with Crippen molar-refractivity contribution in [3.63, 3.8) is 0 Å². The van der Waals surface area contributed by atoms with Crippen molar-refractivity contribution in [3.05, 3.63) is 41.8 Å². The first-order chi connectivity index (χ1) is 9.72. The molecule has 0 saturated carbocycles. The summed E-state index contributed by atoms with van der Waals surface area (Å²) in [5.74, 6) is 0.0533. The van der Waals surface area contributed by atoms with E-state index in [9.17, 15) is 4.79 Å². The summed E-state index contributed by atoms with van der Waals surface area (Å²) < 4.78 is 15.3. The smallest absolute Gasteiger partial charge is 0.399 e. The minimum absolute atomic E-state index is 0.00872. The molecule has 6 heteroatoms. The van der Waals surface area contributed by atoms with Crippen LogP contribution >= 0.6 is 0 Å². The standard InChI is InChI=1S/C14H16N2O4/c1-3-18-13(17)12-9-19-14(16-12)20-11-6-4-10(5-7-11)8-15-2/h4-7,9,15H,3,8H2,1-2H3. The molecular weight excluding hydrogens is 260 g/mol. The summed E-state index contributed by atoms with van der Waals surface area (Å²) in [5, 5.41) is 3.06. The zero-order valence-electron chi connectivity index (χ0n) is 11.4. The molecule has 6 nitrogen and oxygen atoms in total. The van der Waals surface area contributed by atoms with E-state index in [4.69, 9.17) is 13.9 Å². The van der Waals surface area contributed by atoms with Gasteiger partial charge in [0.2, 0.25) is 0 Å². The zero-order valence-corrected chi connectivity index (χ0v) is 11.4. The molecule has 0 amide bonds. The second-order valence-corrected chi connectivity index (χ2v) is 4.00. The van der Waals surface area contributed by atoms with Crippen LogP contribution in [-0.4, -0.2) is 24.6 Å². The first-order valence-corrected chi connectivity index (χ1v) is 6.27. The molecule has 1 N–H and O–H groups in total. The second kappa shape index (κ2) is 6.72. The summed E-state index contributed by atoms with van der Waals surface area (Å²) in [6, 6.07) is 7.48. The van der Waals surface area contributed by atoms with Gasteiger partial charge in [0.25, 0.3) is 0 Å². The number of oxazole rings is 1. The van der Waals surface area contributed by atoms with E-state index in [1.54, 1.807) is 19.1 Å². The van der Waals surface area contributed by atoms with Crippen molar-refractivity contribution < 1.29 is 18.7 Å². The van der Waals surface area contributed by atoms with Crippen LogP contribution in [0.4, 0.5) is 0 Å². The number of carbonyl (C=O) groups excluding carboxylic acids is 1. The third-order valence-corrected chi connectivity index (χ3v) is 2.48. The Kier molecular flexibility index (Phi) is 4.73. The van der Waals surface area contributed by atoms with E-state index in [-0.39, 0.29) is 18.4 Å². The quantitative estimate of drug-likeness (QED) is 0.816. The Morgan fingerprint density at radius 3 is 2.75 bits per heavy atom. The largest absolute Gasteiger partial charge is 0.461 e. The number of carbonyl (C=O) groups is 1. The van der Waals surface area contributed by atoms with Crippen LogP contribution in [0.3, 0.4) is 0 Å². The molecule has 0 atom stereocenters. The number of rotatable bonds is 6. The lowest BCUT2D eigenvalue weighted by Crippen LogP contribution is -2.05.